The second-order valence-electron chi connectivity index (χ2n) is 3.24. The molecule has 1 heterocycles. The van der Waals surface area contributed by atoms with E-state index < -0.39 is 0 Å². The number of benzene rings is 1. The number of hydrogen-bond acceptors (Lipinski definition) is 4. The fraction of sp³-hybridized carbons (Fsp3) is 0.200. The Hall–Kier alpha value is -1.68. The first-order valence-electron chi connectivity index (χ1n) is 4.43. The molecule has 0 aliphatic rings. The third kappa shape index (κ3) is 1.29. The minimum Gasteiger partial charge on any atom is -0.307 e. The van der Waals surface area contributed by atoms with E-state index in [0.717, 1.165) is 22.3 Å². The fourth-order valence-corrected chi connectivity index (χ4v) is 1.44. The molecular formula is C10H12N4. The average Bonchev–Trinajstić information content (AvgIpc) is 2.17. The zero-order chi connectivity index (χ0) is 10.1. The minimum absolute atomic E-state index is 0.631. The van der Waals surface area contributed by atoms with Crippen LogP contribution in [0.15, 0.2) is 18.2 Å². The number of rotatable bonds is 1. The molecule has 3 N–H and O–H groups in total. The summed E-state index contributed by atoms with van der Waals surface area (Å²) in [5, 5.41) is 0. The van der Waals surface area contributed by atoms with Gasteiger partial charge in [-0.15, -0.1) is 0 Å². The zero-order valence-corrected chi connectivity index (χ0v) is 8.20. The zero-order valence-electron chi connectivity index (χ0n) is 8.20. The molecule has 0 atom stereocenters. The molecule has 0 bridgehead atoms. The summed E-state index contributed by atoms with van der Waals surface area (Å²) in [6, 6.07) is 5.93. The molecule has 4 heteroatoms. The SMILES string of the molecule is Cc1nc2cccc(C)c2nc1NN. The lowest BCUT2D eigenvalue weighted by Crippen LogP contribution is -2.11. The smallest absolute Gasteiger partial charge is 0.162 e. The molecule has 1 aromatic heterocycles. The molecule has 72 valence electrons. The Bertz CT molecular complexity index is 479. The maximum Gasteiger partial charge on any atom is 0.162 e. The molecule has 0 fully saturated rings. The first kappa shape index (κ1) is 8.90. The molecule has 2 rings (SSSR count). The summed E-state index contributed by atoms with van der Waals surface area (Å²) in [6.07, 6.45) is 0. The van der Waals surface area contributed by atoms with Crippen molar-refractivity contribution in [2.75, 3.05) is 5.43 Å². The van der Waals surface area contributed by atoms with Gasteiger partial charge in [-0.1, -0.05) is 12.1 Å². The summed E-state index contributed by atoms with van der Waals surface area (Å²) in [6.45, 7) is 3.89. The standard InChI is InChI=1S/C10H12N4/c1-6-4-3-5-8-9(6)13-10(14-11)7(2)12-8/h3-5H,11H2,1-2H3,(H,13,14). The monoisotopic (exact) mass is 188 g/mol. The van der Waals surface area contributed by atoms with Crippen LogP contribution in [0.1, 0.15) is 11.3 Å². The van der Waals surface area contributed by atoms with E-state index in [0.29, 0.717) is 5.82 Å². The van der Waals surface area contributed by atoms with Gasteiger partial charge in [-0.3, -0.25) is 0 Å². The van der Waals surface area contributed by atoms with Crippen molar-refractivity contribution in [3.63, 3.8) is 0 Å². The topological polar surface area (TPSA) is 63.8 Å². The summed E-state index contributed by atoms with van der Waals surface area (Å²) in [7, 11) is 0. The van der Waals surface area contributed by atoms with Crippen LogP contribution in [0.4, 0.5) is 5.82 Å². The van der Waals surface area contributed by atoms with Crippen LogP contribution in [-0.4, -0.2) is 9.97 Å². The Labute approximate surface area is 82.1 Å². The third-order valence-corrected chi connectivity index (χ3v) is 2.21. The molecule has 0 spiro atoms. The van der Waals surface area contributed by atoms with E-state index >= 15 is 0 Å². The average molecular weight is 188 g/mol. The van der Waals surface area contributed by atoms with E-state index in [1.807, 2.05) is 32.0 Å². The van der Waals surface area contributed by atoms with Crippen molar-refractivity contribution in [1.82, 2.24) is 9.97 Å². The Kier molecular flexibility index (Phi) is 2.05. The highest BCUT2D eigenvalue weighted by molar-refractivity contribution is 5.79. The molecule has 14 heavy (non-hydrogen) atoms. The predicted octanol–water partition coefficient (Wildman–Crippen LogP) is 1.53. The first-order valence-corrected chi connectivity index (χ1v) is 4.43. The van der Waals surface area contributed by atoms with Crippen LogP contribution in [-0.2, 0) is 0 Å². The van der Waals surface area contributed by atoms with Gasteiger partial charge in [0.25, 0.3) is 0 Å². The van der Waals surface area contributed by atoms with Gasteiger partial charge in [-0.2, -0.15) is 0 Å². The Morgan fingerprint density at radius 2 is 2.00 bits per heavy atom. The van der Waals surface area contributed by atoms with E-state index in [2.05, 4.69) is 15.4 Å². The van der Waals surface area contributed by atoms with Crippen molar-refractivity contribution in [3.05, 3.63) is 29.5 Å². The molecule has 1 aromatic carbocycles. The van der Waals surface area contributed by atoms with Crippen molar-refractivity contribution in [2.45, 2.75) is 13.8 Å². The molecule has 2 aromatic rings. The largest absolute Gasteiger partial charge is 0.307 e. The second kappa shape index (κ2) is 3.23. The summed E-state index contributed by atoms with van der Waals surface area (Å²) < 4.78 is 0. The molecule has 0 unspecified atom stereocenters. The number of nitrogen functional groups attached to an aromatic ring is 1. The Morgan fingerprint density at radius 1 is 1.21 bits per heavy atom. The second-order valence-corrected chi connectivity index (χ2v) is 3.24. The summed E-state index contributed by atoms with van der Waals surface area (Å²) in [5.74, 6) is 5.97. The van der Waals surface area contributed by atoms with Gasteiger partial charge in [-0.05, 0) is 25.5 Å². The van der Waals surface area contributed by atoms with Crippen LogP contribution < -0.4 is 11.3 Å². The number of nitrogens with one attached hydrogen (secondary N) is 1. The highest BCUT2D eigenvalue weighted by atomic mass is 15.3. The van der Waals surface area contributed by atoms with Gasteiger partial charge in [0.05, 0.1) is 16.7 Å². The molecule has 0 aliphatic heterocycles. The van der Waals surface area contributed by atoms with Gasteiger partial charge in [0.2, 0.25) is 0 Å². The number of nitrogens with zero attached hydrogens (tertiary/aromatic N) is 2. The molecule has 0 saturated carbocycles. The fourth-order valence-electron chi connectivity index (χ4n) is 1.44. The minimum atomic E-state index is 0.631. The quantitative estimate of drug-likeness (QED) is 0.526. The number of hydrogen-bond donors (Lipinski definition) is 2. The third-order valence-electron chi connectivity index (χ3n) is 2.21. The van der Waals surface area contributed by atoms with Gasteiger partial charge in [0, 0.05) is 0 Å². The maximum atomic E-state index is 5.34. The lowest BCUT2D eigenvalue weighted by Gasteiger charge is -2.06. The molecule has 4 nitrogen and oxygen atoms in total. The number of anilines is 1. The van der Waals surface area contributed by atoms with Crippen LogP contribution in [0, 0.1) is 13.8 Å². The van der Waals surface area contributed by atoms with Crippen LogP contribution in [0.2, 0.25) is 0 Å². The van der Waals surface area contributed by atoms with Gasteiger partial charge in [0.1, 0.15) is 0 Å². The number of fused-ring (bicyclic) bond motifs is 1. The van der Waals surface area contributed by atoms with Crippen LogP contribution in [0.5, 0.6) is 0 Å². The molecule has 0 amide bonds. The van der Waals surface area contributed by atoms with Crippen LogP contribution in [0.25, 0.3) is 11.0 Å². The van der Waals surface area contributed by atoms with Gasteiger partial charge < -0.3 is 5.43 Å². The van der Waals surface area contributed by atoms with Crippen molar-refractivity contribution in [2.24, 2.45) is 5.84 Å². The van der Waals surface area contributed by atoms with E-state index in [9.17, 15) is 0 Å². The van der Waals surface area contributed by atoms with Gasteiger partial charge in [-0.25, -0.2) is 15.8 Å². The Balaban J connectivity index is 2.80. The van der Waals surface area contributed by atoms with E-state index in [1.165, 1.54) is 0 Å². The van der Waals surface area contributed by atoms with Crippen LogP contribution >= 0.6 is 0 Å². The summed E-state index contributed by atoms with van der Waals surface area (Å²) >= 11 is 0. The van der Waals surface area contributed by atoms with Crippen molar-refractivity contribution in [3.8, 4) is 0 Å². The summed E-state index contributed by atoms with van der Waals surface area (Å²) in [5.41, 5.74) is 6.25. The molecule has 0 aliphatic carbocycles. The first-order chi connectivity index (χ1) is 6.72. The molecule has 0 radical (unpaired) electrons. The highest BCUT2D eigenvalue weighted by Crippen LogP contribution is 2.18. The number of hydrazine groups is 1. The van der Waals surface area contributed by atoms with Crippen molar-refractivity contribution in [1.29, 1.82) is 0 Å². The van der Waals surface area contributed by atoms with Gasteiger partial charge >= 0.3 is 0 Å². The summed E-state index contributed by atoms with van der Waals surface area (Å²) in [4.78, 5) is 8.80. The predicted molar refractivity (Wildman–Crippen MR) is 56.8 cm³/mol. The lowest BCUT2D eigenvalue weighted by atomic mass is 10.2. The maximum absolute atomic E-state index is 5.34. The van der Waals surface area contributed by atoms with Crippen molar-refractivity contribution >= 4 is 16.9 Å². The normalized spacial score (nSPS) is 10.5. The number of aryl methyl sites for hydroxylation is 2. The van der Waals surface area contributed by atoms with Gasteiger partial charge in [0.15, 0.2) is 5.82 Å². The molecular weight excluding hydrogens is 176 g/mol. The Morgan fingerprint density at radius 3 is 2.71 bits per heavy atom. The van der Waals surface area contributed by atoms with E-state index in [1.54, 1.807) is 0 Å². The number of aromatic nitrogens is 2. The van der Waals surface area contributed by atoms with Crippen LogP contribution in [0.3, 0.4) is 0 Å². The van der Waals surface area contributed by atoms with Crippen molar-refractivity contribution < 1.29 is 0 Å². The van der Waals surface area contributed by atoms with E-state index in [-0.39, 0.29) is 0 Å². The highest BCUT2D eigenvalue weighted by Gasteiger charge is 2.04. The number of nitrogens with two attached hydrogens (primary N) is 1. The lowest BCUT2D eigenvalue weighted by molar-refractivity contribution is 1.14. The van der Waals surface area contributed by atoms with E-state index in [4.69, 9.17) is 5.84 Å². The molecule has 0 saturated heterocycles. The number of para-hydroxylation sites is 1.